The van der Waals surface area contributed by atoms with E-state index in [2.05, 4.69) is 24.5 Å². The maximum Gasteiger partial charge on any atom is 0.414 e. The Morgan fingerprint density at radius 3 is 2.73 bits per heavy atom. The van der Waals surface area contributed by atoms with Crippen molar-refractivity contribution in [3.8, 4) is 0 Å². The summed E-state index contributed by atoms with van der Waals surface area (Å²) in [7, 11) is 0. The minimum atomic E-state index is -0.377. The van der Waals surface area contributed by atoms with Gasteiger partial charge in [-0.3, -0.25) is 4.90 Å². The zero-order chi connectivity index (χ0) is 15.9. The standard InChI is InChI=1S/C16H23N3O3/c1-12(2)8-9-17-15(20)18-10-14-11-19(16(21)22-14)13-6-4-3-5-7-13/h3-7,12,14H,8-11H2,1-2H3,(H2,17,18,20). The average Bonchev–Trinajstić information content (AvgIpc) is 2.87. The van der Waals surface area contributed by atoms with Gasteiger partial charge in [-0.05, 0) is 24.5 Å². The Morgan fingerprint density at radius 2 is 2.05 bits per heavy atom. The zero-order valence-corrected chi connectivity index (χ0v) is 13.0. The maximum atomic E-state index is 11.9. The number of nitrogens with one attached hydrogen (secondary N) is 2. The minimum Gasteiger partial charge on any atom is -0.442 e. The van der Waals surface area contributed by atoms with Crippen LogP contribution in [0.2, 0.25) is 0 Å². The van der Waals surface area contributed by atoms with Gasteiger partial charge in [0, 0.05) is 12.2 Å². The summed E-state index contributed by atoms with van der Waals surface area (Å²) in [5.74, 6) is 0.551. The van der Waals surface area contributed by atoms with Crippen LogP contribution in [-0.4, -0.2) is 37.9 Å². The van der Waals surface area contributed by atoms with Crippen molar-refractivity contribution in [1.29, 1.82) is 0 Å². The maximum absolute atomic E-state index is 11.9. The van der Waals surface area contributed by atoms with Crippen molar-refractivity contribution in [2.75, 3.05) is 24.5 Å². The van der Waals surface area contributed by atoms with Crippen LogP contribution in [0.3, 0.4) is 0 Å². The molecule has 1 fully saturated rings. The summed E-state index contributed by atoms with van der Waals surface area (Å²) in [6, 6.07) is 9.12. The van der Waals surface area contributed by atoms with E-state index in [0.29, 0.717) is 25.6 Å². The summed E-state index contributed by atoms with van der Waals surface area (Å²) < 4.78 is 5.27. The van der Waals surface area contributed by atoms with Crippen molar-refractivity contribution in [3.05, 3.63) is 30.3 Å². The van der Waals surface area contributed by atoms with Crippen LogP contribution in [0.25, 0.3) is 0 Å². The number of carbonyl (C=O) groups excluding carboxylic acids is 2. The van der Waals surface area contributed by atoms with Crippen LogP contribution in [0.4, 0.5) is 15.3 Å². The van der Waals surface area contributed by atoms with Crippen molar-refractivity contribution in [2.24, 2.45) is 5.92 Å². The second-order valence-corrected chi connectivity index (χ2v) is 5.77. The van der Waals surface area contributed by atoms with Gasteiger partial charge in [0.2, 0.25) is 0 Å². The van der Waals surface area contributed by atoms with Gasteiger partial charge < -0.3 is 15.4 Å². The van der Waals surface area contributed by atoms with Crippen molar-refractivity contribution in [2.45, 2.75) is 26.4 Å². The largest absolute Gasteiger partial charge is 0.442 e. The number of amides is 3. The highest BCUT2D eigenvalue weighted by Crippen LogP contribution is 2.20. The molecule has 1 saturated heterocycles. The third-order valence-electron chi connectivity index (χ3n) is 3.44. The fourth-order valence-electron chi connectivity index (χ4n) is 2.19. The fraction of sp³-hybridized carbons (Fsp3) is 0.500. The average molecular weight is 305 g/mol. The number of anilines is 1. The van der Waals surface area contributed by atoms with E-state index >= 15 is 0 Å². The van der Waals surface area contributed by atoms with Crippen molar-refractivity contribution < 1.29 is 14.3 Å². The molecule has 120 valence electrons. The highest BCUT2D eigenvalue weighted by Gasteiger charge is 2.32. The molecule has 6 heteroatoms. The van der Waals surface area contributed by atoms with Crippen LogP contribution in [0, 0.1) is 5.92 Å². The number of ether oxygens (including phenoxy) is 1. The molecule has 0 saturated carbocycles. The summed E-state index contributed by atoms with van der Waals surface area (Å²) in [6.07, 6.45) is 0.231. The predicted octanol–water partition coefficient (Wildman–Crippen LogP) is 2.36. The Bertz CT molecular complexity index is 505. The molecule has 2 rings (SSSR count). The molecule has 0 bridgehead atoms. The van der Waals surface area contributed by atoms with E-state index in [9.17, 15) is 9.59 Å². The van der Waals surface area contributed by atoms with Gasteiger partial charge in [-0.15, -0.1) is 0 Å². The van der Waals surface area contributed by atoms with Gasteiger partial charge in [0.25, 0.3) is 0 Å². The second-order valence-electron chi connectivity index (χ2n) is 5.77. The summed E-state index contributed by atoms with van der Waals surface area (Å²) in [4.78, 5) is 25.1. The topological polar surface area (TPSA) is 70.7 Å². The Labute approximate surface area is 130 Å². The number of benzene rings is 1. The van der Waals surface area contributed by atoms with Crippen LogP contribution >= 0.6 is 0 Å². The normalized spacial score (nSPS) is 17.5. The van der Waals surface area contributed by atoms with Gasteiger partial charge in [0.05, 0.1) is 13.1 Å². The first-order valence-electron chi connectivity index (χ1n) is 7.61. The molecule has 6 nitrogen and oxygen atoms in total. The second kappa shape index (κ2) is 7.68. The quantitative estimate of drug-likeness (QED) is 0.847. The van der Waals surface area contributed by atoms with Gasteiger partial charge in [-0.1, -0.05) is 32.0 Å². The molecule has 0 aliphatic carbocycles. The summed E-state index contributed by atoms with van der Waals surface area (Å²) >= 11 is 0. The molecule has 1 aromatic rings. The first-order valence-corrected chi connectivity index (χ1v) is 7.61. The van der Waals surface area contributed by atoms with Crippen LogP contribution in [0.1, 0.15) is 20.3 Å². The fourth-order valence-corrected chi connectivity index (χ4v) is 2.19. The highest BCUT2D eigenvalue weighted by molar-refractivity contribution is 5.89. The number of carbonyl (C=O) groups is 2. The summed E-state index contributed by atoms with van der Waals surface area (Å²) in [6.45, 7) is 5.60. The molecule has 0 aromatic heterocycles. The van der Waals surface area contributed by atoms with Crippen LogP contribution < -0.4 is 15.5 Å². The molecule has 1 aliphatic rings. The lowest BCUT2D eigenvalue weighted by atomic mass is 10.1. The molecule has 2 N–H and O–H groups in total. The van der Waals surface area contributed by atoms with E-state index < -0.39 is 0 Å². The van der Waals surface area contributed by atoms with Gasteiger partial charge in [-0.2, -0.15) is 0 Å². The third kappa shape index (κ3) is 4.65. The Morgan fingerprint density at radius 1 is 1.32 bits per heavy atom. The first kappa shape index (κ1) is 16.1. The molecule has 1 heterocycles. The van der Waals surface area contributed by atoms with Gasteiger partial charge >= 0.3 is 12.1 Å². The Kier molecular flexibility index (Phi) is 5.63. The lowest BCUT2D eigenvalue weighted by Crippen LogP contribution is -2.41. The number of hydrogen-bond donors (Lipinski definition) is 2. The molecule has 1 aromatic carbocycles. The molecule has 1 unspecified atom stereocenters. The molecule has 0 spiro atoms. The number of para-hydroxylation sites is 1. The van der Waals surface area contributed by atoms with E-state index in [-0.39, 0.29) is 18.2 Å². The highest BCUT2D eigenvalue weighted by atomic mass is 16.6. The van der Waals surface area contributed by atoms with Gasteiger partial charge in [0.15, 0.2) is 0 Å². The van der Waals surface area contributed by atoms with E-state index in [1.807, 2.05) is 30.3 Å². The number of nitrogens with zero attached hydrogens (tertiary/aromatic N) is 1. The molecule has 0 radical (unpaired) electrons. The predicted molar refractivity (Wildman–Crippen MR) is 84.9 cm³/mol. The van der Waals surface area contributed by atoms with Gasteiger partial charge in [-0.25, -0.2) is 9.59 Å². The van der Waals surface area contributed by atoms with Gasteiger partial charge in [0.1, 0.15) is 6.10 Å². The van der Waals surface area contributed by atoms with E-state index in [1.165, 1.54) is 0 Å². The van der Waals surface area contributed by atoms with Crippen LogP contribution in [0.5, 0.6) is 0 Å². The molecular weight excluding hydrogens is 282 g/mol. The Hall–Kier alpha value is -2.24. The molecule has 1 aliphatic heterocycles. The smallest absolute Gasteiger partial charge is 0.414 e. The lowest BCUT2D eigenvalue weighted by Gasteiger charge is -2.13. The molecule has 22 heavy (non-hydrogen) atoms. The first-order chi connectivity index (χ1) is 10.6. The van der Waals surface area contributed by atoms with Crippen LogP contribution in [0.15, 0.2) is 30.3 Å². The number of cyclic esters (lactones) is 1. The molecular formula is C16H23N3O3. The lowest BCUT2D eigenvalue weighted by molar-refractivity contribution is 0.140. The van der Waals surface area contributed by atoms with E-state index in [0.717, 1.165) is 12.1 Å². The van der Waals surface area contributed by atoms with Crippen molar-refractivity contribution in [1.82, 2.24) is 10.6 Å². The van der Waals surface area contributed by atoms with Crippen molar-refractivity contribution in [3.63, 3.8) is 0 Å². The van der Waals surface area contributed by atoms with Crippen molar-refractivity contribution >= 4 is 17.8 Å². The number of hydrogen-bond acceptors (Lipinski definition) is 3. The monoisotopic (exact) mass is 305 g/mol. The van der Waals surface area contributed by atoms with E-state index in [4.69, 9.17) is 4.74 Å². The van der Waals surface area contributed by atoms with E-state index in [1.54, 1.807) is 4.90 Å². The molecule has 1 atom stereocenters. The van der Waals surface area contributed by atoms with Crippen LogP contribution in [-0.2, 0) is 4.74 Å². The number of urea groups is 1. The number of rotatable bonds is 6. The Balaban J connectivity index is 1.74. The SMILES string of the molecule is CC(C)CCNC(=O)NCC1CN(c2ccccc2)C(=O)O1. The third-order valence-corrected chi connectivity index (χ3v) is 3.44. The summed E-state index contributed by atoms with van der Waals surface area (Å²) in [5.41, 5.74) is 0.802. The summed E-state index contributed by atoms with van der Waals surface area (Å²) in [5, 5.41) is 5.52. The zero-order valence-electron chi connectivity index (χ0n) is 13.0. The minimum absolute atomic E-state index is 0.227. The molecule has 3 amide bonds.